The molecule has 0 aliphatic carbocycles. The van der Waals surface area contributed by atoms with Gasteiger partial charge in [-0.2, -0.15) is 0 Å². The third-order valence-electron chi connectivity index (χ3n) is 3.96. The summed E-state index contributed by atoms with van der Waals surface area (Å²) < 4.78 is 10.8. The van der Waals surface area contributed by atoms with Crippen LogP contribution in [0.5, 0.6) is 5.88 Å². The van der Waals surface area contributed by atoms with Crippen LogP contribution in [0.3, 0.4) is 0 Å². The first-order valence-electron chi connectivity index (χ1n) is 7.61. The Labute approximate surface area is 134 Å². The number of aromatic nitrogens is 2. The number of carbonyl (C=O) groups excluding carboxylic acids is 1. The summed E-state index contributed by atoms with van der Waals surface area (Å²) in [5.41, 5.74) is 0.400. The molecular weight excluding hydrogens is 303 g/mol. The molecule has 3 rings (SSSR count). The number of fused-ring (bicyclic) bond motifs is 1. The first kappa shape index (κ1) is 15.8. The van der Waals surface area contributed by atoms with Crippen molar-refractivity contribution < 1.29 is 24.5 Å². The molecule has 1 saturated heterocycles. The van der Waals surface area contributed by atoms with Gasteiger partial charge in [0.05, 0.1) is 26.0 Å². The molecule has 124 valence electrons. The maximum atomic E-state index is 11.8. The van der Waals surface area contributed by atoms with Crippen LogP contribution in [0.1, 0.15) is 19.8 Å². The van der Waals surface area contributed by atoms with Gasteiger partial charge in [-0.25, -0.2) is 9.97 Å². The fourth-order valence-electron chi connectivity index (χ4n) is 2.94. The van der Waals surface area contributed by atoms with Gasteiger partial charge in [0.1, 0.15) is 18.2 Å². The van der Waals surface area contributed by atoms with Crippen molar-refractivity contribution in [2.24, 2.45) is 0 Å². The second kappa shape index (κ2) is 6.59. The predicted octanol–water partition coefficient (Wildman–Crippen LogP) is -0.229. The minimum atomic E-state index is -0.385. The van der Waals surface area contributed by atoms with E-state index >= 15 is 0 Å². The van der Waals surface area contributed by atoms with Crippen molar-refractivity contribution in [3.05, 3.63) is 6.33 Å². The highest BCUT2D eigenvalue weighted by molar-refractivity contribution is 6.75. The minimum absolute atomic E-state index is 0.00553. The van der Waals surface area contributed by atoms with Crippen LogP contribution in [-0.4, -0.2) is 65.7 Å². The van der Waals surface area contributed by atoms with E-state index in [1.165, 1.54) is 6.33 Å². The maximum absolute atomic E-state index is 11.8. The average Bonchev–Trinajstić information content (AvgIpc) is 3.13. The van der Waals surface area contributed by atoms with E-state index in [9.17, 15) is 15.0 Å². The smallest absolute Gasteiger partial charge is 0.372 e. The van der Waals surface area contributed by atoms with Gasteiger partial charge in [0, 0.05) is 0 Å². The zero-order valence-corrected chi connectivity index (χ0v) is 12.9. The van der Waals surface area contributed by atoms with Crippen LogP contribution in [0.15, 0.2) is 6.33 Å². The molecule has 9 nitrogen and oxygen atoms in total. The normalized spacial score (nSPS) is 23.0. The van der Waals surface area contributed by atoms with Crippen molar-refractivity contribution in [3.8, 4) is 5.88 Å². The first-order chi connectivity index (χ1) is 11.1. The Hall–Kier alpha value is -2.07. The third-order valence-corrected chi connectivity index (χ3v) is 3.96. The number of ether oxygens (including phenoxy) is 2. The van der Waals surface area contributed by atoms with E-state index in [4.69, 9.17) is 9.47 Å². The number of anilines is 2. The highest BCUT2D eigenvalue weighted by Gasteiger charge is 2.39. The molecule has 0 spiro atoms. The van der Waals surface area contributed by atoms with E-state index in [0.29, 0.717) is 24.8 Å². The van der Waals surface area contributed by atoms with Crippen molar-refractivity contribution in [2.45, 2.75) is 32.1 Å². The second-order valence-electron chi connectivity index (χ2n) is 5.46. The van der Waals surface area contributed by atoms with Crippen LogP contribution in [0.2, 0.25) is 0 Å². The summed E-state index contributed by atoms with van der Waals surface area (Å²) in [6.07, 6.45) is 2.31. The van der Waals surface area contributed by atoms with Crippen LogP contribution in [0.25, 0.3) is 0 Å². The summed E-state index contributed by atoms with van der Waals surface area (Å²) in [6, 6.07) is 0. The van der Waals surface area contributed by atoms with Crippen molar-refractivity contribution in [3.63, 3.8) is 0 Å². The largest absolute Gasteiger partial charge is 0.492 e. The van der Waals surface area contributed by atoms with Crippen LogP contribution < -0.4 is 9.71 Å². The van der Waals surface area contributed by atoms with Gasteiger partial charge in [0.2, 0.25) is 5.88 Å². The molecule has 0 bridgehead atoms. The van der Waals surface area contributed by atoms with Crippen molar-refractivity contribution in [1.82, 2.24) is 9.97 Å². The standard InChI is InChI=1S/C13H19BN4O5/c1-2-22-13(21)14-18-7-17(9-4-3-8(5-19)23-9)11-10(18)12(20)16-6-15-11/h6,8-9,14,19H,2-5,7H2,1H3,(H,15,16,20)/t8-,9+/m0/s1. The van der Waals surface area contributed by atoms with Gasteiger partial charge in [0.25, 0.3) is 5.87 Å². The van der Waals surface area contributed by atoms with Crippen LogP contribution in [-0.2, 0) is 9.47 Å². The minimum Gasteiger partial charge on any atom is -0.492 e. The zero-order chi connectivity index (χ0) is 16.4. The number of carbonyl (C=O) groups is 1. The molecule has 0 amide bonds. The van der Waals surface area contributed by atoms with E-state index in [1.807, 2.05) is 4.90 Å². The van der Waals surface area contributed by atoms with Crippen molar-refractivity contribution >= 4 is 24.8 Å². The Balaban J connectivity index is 1.82. The van der Waals surface area contributed by atoms with E-state index in [-0.39, 0.29) is 38.1 Å². The van der Waals surface area contributed by atoms with Crippen molar-refractivity contribution in [1.29, 1.82) is 0 Å². The Bertz CT molecular complexity index is 589. The summed E-state index contributed by atoms with van der Waals surface area (Å²) in [7, 11) is -0.00553. The quantitative estimate of drug-likeness (QED) is 0.711. The molecule has 1 fully saturated rings. The van der Waals surface area contributed by atoms with Gasteiger partial charge < -0.3 is 29.4 Å². The van der Waals surface area contributed by atoms with E-state index < -0.39 is 0 Å². The zero-order valence-electron chi connectivity index (χ0n) is 12.9. The molecule has 0 radical (unpaired) electrons. The average molecular weight is 322 g/mol. The van der Waals surface area contributed by atoms with Gasteiger partial charge in [0.15, 0.2) is 5.82 Å². The molecule has 1 aromatic rings. The van der Waals surface area contributed by atoms with Gasteiger partial charge in [-0.3, -0.25) is 4.79 Å². The summed E-state index contributed by atoms with van der Waals surface area (Å²) in [5.74, 6) is -0.0481. The predicted molar refractivity (Wildman–Crippen MR) is 82.7 cm³/mol. The molecule has 2 atom stereocenters. The monoisotopic (exact) mass is 322 g/mol. The van der Waals surface area contributed by atoms with Gasteiger partial charge >= 0.3 is 7.41 Å². The summed E-state index contributed by atoms with van der Waals surface area (Å²) in [5, 5.41) is 19.3. The van der Waals surface area contributed by atoms with Gasteiger partial charge in [-0.05, 0) is 19.8 Å². The SMILES string of the molecule is CCOC(=O)BN1CN([C@H]2CC[C@@H](CO)O2)c2ncnc(O)c21. The number of aliphatic hydroxyl groups excluding tert-OH is 1. The fourth-order valence-corrected chi connectivity index (χ4v) is 2.94. The second-order valence-corrected chi connectivity index (χ2v) is 5.46. The molecule has 10 heteroatoms. The number of rotatable bonds is 5. The molecule has 2 aliphatic heterocycles. The van der Waals surface area contributed by atoms with Gasteiger partial charge in [-0.15, -0.1) is 0 Å². The van der Waals surface area contributed by atoms with Gasteiger partial charge in [-0.1, -0.05) is 0 Å². The molecule has 0 aromatic carbocycles. The number of hydrogen-bond donors (Lipinski definition) is 2. The molecular formula is C13H19BN4O5. The highest BCUT2D eigenvalue weighted by atomic mass is 16.5. The summed E-state index contributed by atoms with van der Waals surface area (Å²) in [6.45, 7) is 2.34. The Kier molecular flexibility index (Phi) is 4.53. The van der Waals surface area contributed by atoms with E-state index in [0.717, 1.165) is 12.8 Å². The molecule has 3 heterocycles. The first-order valence-corrected chi connectivity index (χ1v) is 7.61. The molecule has 0 unspecified atom stereocenters. The lowest BCUT2D eigenvalue weighted by molar-refractivity contribution is 0.0112. The van der Waals surface area contributed by atoms with Crippen LogP contribution in [0.4, 0.5) is 16.3 Å². The number of nitrogens with zero attached hydrogens (tertiary/aromatic N) is 4. The number of aromatic hydroxyl groups is 1. The Morgan fingerprint density at radius 3 is 3.04 bits per heavy atom. The van der Waals surface area contributed by atoms with Crippen LogP contribution >= 0.6 is 0 Å². The highest BCUT2D eigenvalue weighted by Crippen LogP contribution is 2.41. The lowest BCUT2D eigenvalue weighted by atomic mass is 9.92. The molecule has 2 N–H and O–H groups in total. The number of aliphatic hydroxyl groups is 1. The molecule has 23 heavy (non-hydrogen) atoms. The molecule has 0 saturated carbocycles. The Morgan fingerprint density at radius 1 is 1.52 bits per heavy atom. The van der Waals surface area contributed by atoms with E-state index in [2.05, 4.69) is 9.97 Å². The fraction of sp³-hybridized carbons (Fsp3) is 0.615. The summed E-state index contributed by atoms with van der Waals surface area (Å²) in [4.78, 5) is 23.3. The number of hydrogen-bond acceptors (Lipinski definition) is 9. The maximum Gasteiger partial charge on any atom is 0.372 e. The molecule has 1 aromatic heterocycles. The van der Waals surface area contributed by atoms with E-state index in [1.54, 1.807) is 11.7 Å². The molecule has 2 aliphatic rings. The van der Waals surface area contributed by atoms with Crippen LogP contribution in [0, 0.1) is 0 Å². The third kappa shape index (κ3) is 3.04. The summed E-state index contributed by atoms with van der Waals surface area (Å²) >= 11 is 0. The topological polar surface area (TPSA) is 108 Å². The Morgan fingerprint density at radius 2 is 2.35 bits per heavy atom. The lowest BCUT2D eigenvalue weighted by Gasteiger charge is -2.26. The van der Waals surface area contributed by atoms with Crippen molar-refractivity contribution in [2.75, 3.05) is 29.6 Å². The lowest BCUT2D eigenvalue weighted by Crippen LogP contribution is -2.42.